The van der Waals surface area contributed by atoms with Gasteiger partial charge in [-0.2, -0.15) is 0 Å². The number of carbonyl (C=O) groups is 1. The molecule has 0 aliphatic rings. The molecule has 0 aliphatic heterocycles. The molecule has 1 amide bonds. The predicted molar refractivity (Wildman–Crippen MR) is 113 cm³/mol. The maximum absolute atomic E-state index is 12.5. The largest absolute Gasteiger partial charge is 0.495 e. The van der Waals surface area contributed by atoms with Gasteiger partial charge in [0.1, 0.15) is 11.6 Å². The molecule has 1 heterocycles. The van der Waals surface area contributed by atoms with Crippen molar-refractivity contribution in [3.05, 3.63) is 58.4 Å². The zero-order valence-electron chi connectivity index (χ0n) is 16.1. The van der Waals surface area contributed by atoms with Gasteiger partial charge in [-0.1, -0.05) is 41.6 Å². The number of ether oxygens (including phenoxy) is 1. The summed E-state index contributed by atoms with van der Waals surface area (Å²) in [5.74, 6) is 1.32. The van der Waals surface area contributed by atoms with E-state index < -0.39 is 0 Å². The molecule has 146 valence electrons. The van der Waals surface area contributed by atoms with Gasteiger partial charge in [0, 0.05) is 11.1 Å². The summed E-state index contributed by atoms with van der Waals surface area (Å²) in [7, 11) is 1.54. The SMILES string of the molecule is COc1cc(Cl)c(C)cc1NC(=O)CSc1nnc(C)n1-c1ccccc1C. The van der Waals surface area contributed by atoms with Crippen LogP contribution in [0.4, 0.5) is 5.69 Å². The molecule has 1 N–H and O–H groups in total. The zero-order chi connectivity index (χ0) is 20.3. The van der Waals surface area contributed by atoms with Gasteiger partial charge in [-0.05, 0) is 44.0 Å². The Balaban J connectivity index is 1.75. The minimum Gasteiger partial charge on any atom is -0.495 e. The summed E-state index contributed by atoms with van der Waals surface area (Å²) in [6.45, 7) is 5.80. The molecular weight excluding hydrogens is 396 g/mol. The van der Waals surface area contributed by atoms with E-state index in [-0.39, 0.29) is 11.7 Å². The second-order valence-electron chi connectivity index (χ2n) is 6.29. The van der Waals surface area contributed by atoms with Crippen molar-refractivity contribution in [3.63, 3.8) is 0 Å². The predicted octanol–water partition coefficient (Wildman–Crippen LogP) is 4.59. The number of aryl methyl sites for hydroxylation is 3. The van der Waals surface area contributed by atoms with Crippen LogP contribution in [-0.4, -0.2) is 33.5 Å². The monoisotopic (exact) mass is 416 g/mol. The molecule has 0 aliphatic carbocycles. The zero-order valence-corrected chi connectivity index (χ0v) is 17.7. The van der Waals surface area contributed by atoms with Crippen molar-refractivity contribution in [1.82, 2.24) is 14.8 Å². The number of thioether (sulfide) groups is 1. The molecule has 1 aromatic heterocycles. The van der Waals surface area contributed by atoms with E-state index in [1.54, 1.807) is 19.2 Å². The number of benzene rings is 2. The van der Waals surface area contributed by atoms with E-state index in [1.165, 1.54) is 11.8 Å². The van der Waals surface area contributed by atoms with Crippen LogP contribution < -0.4 is 10.1 Å². The van der Waals surface area contributed by atoms with E-state index in [2.05, 4.69) is 15.5 Å². The highest BCUT2D eigenvalue weighted by Crippen LogP contribution is 2.31. The number of amides is 1. The average Bonchev–Trinajstić information content (AvgIpc) is 3.03. The first kappa shape index (κ1) is 20.2. The lowest BCUT2D eigenvalue weighted by Gasteiger charge is -2.13. The molecule has 0 unspecified atom stereocenters. The van der Waals surface area contributed by atoms with Crippen LogP contribution >= 0.6 is 23.4 Å². The van der Waals surface area contributed by atoms with Crippen LogP contribution in [0.25, 0.3) is 5.69 Å². The molecule has 2 aromatic carbocycles. The number of nitrogens with zero attached hydrogens (tertiary/aromatic N) is 3. The van der Waals surface area contributed by atoms with Crippen molar-refractivity contribution in [2.24, 2.45) is 0 Å². The number of rotatable bonds is 6. The lowest BCUT2D eigenvalue weighted by Crippen LogP contribution is -2.15. The van der Waals surface area contributed by atoms with Gasteiger partial charge in [0.15, 0.2) is 5.16 Å². The number of carbonyl (C=O) groups excluding carboxylic acids is 1. The molecule has 6 nitrogen and oxygen atoms in total. The lowest BCUT2D eigenvalue weighted by molar-refractivity contribution is -0.113. The Morgan fingerprint density at radius 1 is 1.18 bits per heavy atom. The molecule has 3 aromatic rings. The number of anilines is 1. The van der Waals surface area contributed by atoms with Crippen LogP contribution in [-0.2, 0) is 4.79 Å². The number of halogens is 1. The Bertz CT molecular complexity index is 1020. The summed E-state index contributed by atoms with van der Waals surface area (Å²) >= 11 is 7.45. The maximum atomic E-state index is 12.5. The van der Waals surface area contributed by atoms with Crippen LogP contribution in [0.5, 0.6) is 5.75 Å². The first-order chi connectivity index (χ1) is 13.4. The van der Waals surface area contributed by atoms with Gasteiger partial charge in [-0.15, -0.1) is 10.2 Å². The van der Waals surface area contributed by atoms with Gasteiger partial charge >= 0.3 is 0 Å². The number of aromatic nitrogens is 3. The van der Waals surface area contributed by atoms with E-state index >= 15 is 0 Å². The van der Waals surface area contributed by atoms with Gasteiger partial charge in [0.05, 0.1) is 24.2 Å². The highest BCUT2D eigenvalue weighted by atomic mass is 35.5. The van der Waals surface area contributed by atoms with Crippen LogP contribution in [0, 0.1) is 20.8 Å². The van der Waals surface area contributed by atoms with Crippen molar-refractivity contribution in [2.45, 2.75) is 25.9 Å². The van der Waals surface area contributed by atoms with Gasteiger partial charge in [-0.3, -0.25) is 9.36 Å². The first-order valence-electron chi connectivity index (χ1n) is 8.65. The van der Waals surface area contributed by atoms with E-state index in [0.717, 1.165) is 22.6 Å². The number of methoxy groups -OCH3 is 1. The van der Waals surface area contributed by atoms with Crippen LogP contribution in [0.15, 0.2) is 41.6 Å². The molecule has 0 saturated carbocycles. The third-order valence-electron chi connectivity index (χ3n) is 4.24. The van der Waals surface area contributed by atoms with Gasteiger partial charge in [0.2, 0.25) is 5.91 Å². The summed E-state index contributed by atoms with van der Waals surface area (Å²) < 4.78 is 7.26. The summed E-state index contributed by atoms with van der Waals surface area (Å²) in [4.78, 5) is 12.5. The molecule has 0 saturated heterocycles. The number of hydrogen-bond donors (Lipinski definition) is 1. The third kappa shape index (κ3) is 4.31. The Morgan fingerprint density at radius 2 is 1.93 bits per heavy atom. The summed E-state index contributed by atoms with van der Waals surface area (Å²) in [5.41, 5.74) is 3.56. The van der Waals surface area contributed by atoms with Crippen molar-refractivity contribution in [2.75, 3.05) is 18.2 Å². The molecule has 0 radical (unpaired) electrons. The molecule has 0 fully saturated rings. The van der Waals surface area contributed by atoms with Gasteiger partial charge < -0.3 is 10.1 Å². The van der Waals surface area contributed by atoms with Crippen LogP contribution in [0.1, 0.15) is 17.0 Å². The minimum absolute atomic E-state index is 0.165. The fourth-order valence-corrected chi connectivity index (χ4v) is 3.72. The standard InChI is InChI=1S/C20H21ClN4O2S/c1-12-7-5-6-8-17(12)25-14(3)23-24-20(25)28-11-19(26)22-16-9-13(2)15(21)10-18(16)27-4/h5-10H,11H2,1-4H3,(H,22,26). The van der Waals surface area contributed by atoms with Gasteiger partial charge in [-0.25, -0.2) is 0 Å². The second kappa shape index (κ2) is 8.67. The second-order valence-corrected chi connectivity index (χ2v) is 7.64. The normalized spacial score (nSPS) is 10.8. The Morgan fingerprint density at radius 3 is 2.64 bits per heavy atom. The molecule has 3 rings (SSSR count). The number of hydrogen-bond acceptors (Lipinski definition) is 5. The highest BCUT2D eigenvalue weighted by molar-refractivity contribution is 7.99. The van der Waals surface area contributed by atoms with Crippen molar-refractivity contribution in [1.29, 1.82) is 0 Å². The van der Waals surface area contributed by atoms with E-state index in [1.807, 2.05) is 49.6 Å². The molecule has 0 atom stereocenters. The average molecular weight is 417 g/mol. The highest BCUT2D eigenvalue weighted by Gasteiger charge is 2.16. The smallest absolute Gasteiger partial charge is 0.234 e. The Hall–Kier alpha value is -2.51. The first-order valence-corrected chi connectivity index (χ1v) is 10.0. The Labute approximate surface area is 173 Å². The van der Waals surface area contributed by atoms with Crippen molar-refractivity contribution >= 4 is 35.0 Å². The number of para-hydroxylation sites is 1. The van der Waals surface area contributed by atoms with E-state index in [4.69, 9.17) is 16.3 Å². The van der Waals surface area contributed by atoms with E-state index in [9.17, 15) is 4.79 Å². The van der Waals surface area contributed by atoms with Crippen LogP contribution in [0.2, 0.25) is 5.02 Å². The van der Waals surface area contributed by atoms with E-state index in [0.29, 0.717) is 21.6 Å². The van der Waals surface area contributed by atoms with Gasteiger partial charge in [0.25, 0.3) is 0 Å². The molecular formula is C20H21ClN4O2S. The fourth-order valence-electron chi connectivity index (χ4n) is 2.77. The minimum atomic E-state index is -0.165. The quantitative estimate of drug-likeness (QED) is 0.595. The molecule has 0 spiro atoms. The van der Waals surface area contributed by atoms with Crippen molar-refractivity contribution in [3.8, 4) is 11.4 Å². The maximum Gasteiger partial charge on any atom is 0.234 e. The lowest BCUT2D eigenvalue weighted by atomic mass is 10.2. The number of nitrogens with one attached hydrogen (secondary N) is 1. The summed E-state index contributed by atoms with van der Waals surface area (Å²) in [6.07, 6.45) is 0. The third-order valence-corrected chi connectivity index (χ3v) is 5.57. The van der Waals surface area contributed by atoms with Crippen molar-refractivity contribution < 1.29 is 9.53 Å². The Kier molecular flexibility index (Phi) is 6.26. The molecule has 8 heteroatoms. The topological polar surface area (TPSA) is 69.0 Å². The fraction of sp³-hybridized carbons (Fsp3) is 0.250. The summed E-state index contributed by atoms with van der Waals surface area (Å²) in [5, 5.41) is 12.5. The molecule has 28 heavy (non-hydrogen) atoms. The summed E-state index contributed by atoms with van der Waals surface area (Å²) in [6, 6.07) is 11.5. The molecule has 0 bridgehead atoms. The van der Waals surface area contributed by atoms with Crippen LogP contribution in [0.3, 0.4) is 0 Å².